The van der Waals surface area contributed by atoms with Crippen molar-refractivity contribution in [3.8, 4) is 0 Å². The number of thiophene rings is 1. The molecule has 0 unspecified atom stereocenters. The molecule has 3 aromatic rings. The summed E-state index contributed by atoms with van der Waals surface area (Å²) in [5.74, 6) is 0. The average Bonchev–Trinajstić information content (AvgIpc) is 2.91. The van der Waals surface area contributed by atoms with Crippen LogP contribution in [0, 0.1) is 0 Å². The van der Waals surface area contributed by atoms with Crippen molar-refractivity contribution in [1.82, 2.24) is 5.43 Å². The predicted octanol–water partition coefficient (Wildman–Crippen LogP) is 5.04. The maximum Gasteiger partial charge on any atom is 0.417 e. The molecule has 2 nitrogen and oxygen atoms in total. The second-order valence-corrected chi connectivity index (χ2v) is 5.73. The Balaban J connectivity index is 1.70. The molecule has 0 amide bonds. The van der Waals surface area contributed by atoms with Gasteiger partial charge in [0.15, 0.2) is 0 Å². The number of rotatable bonds is 4. The summed E-state index contributed by atoms with van der Waals surface area (Å²) in [5.41, 5.74) is 7.39. The first-order valence-corrected chi connectivity index (χ1v) is 7.53. The normalized spacial score (nSPS) is 11.8. The van der Waals surface area contributed by atoms with Crippen molar-refractivity contribution in [1.29, 1.82) is 0 Å². The maximum absolute atomic E-state index is 12.8. The van der Waals surface area contributed by atoms with Crippen LogP contribution in [0.15, 0.2) is 53.9 Å². The number of hydrogen-bond donors (Lipinski definition) is 2. The molecule has 0 atom stereocenters. The van der Waals surface area contributed by atoms with E-state index in [0.29, 0.717) is 11.2 Å². The van der Waals surface area contributed by atoms with Crippen LogP contribution in [-0.4, -0.2) is 0 Å². The molecule has 0 spiro atoms. The fraction of sp³-hybridized carbons (Fsp3) is 0.125. The Morgan fingerprint density at radius 2 is 1.77 bits per heavy atom. The maximum atomic E-state index is 12.8. The van der Waals surface area contributed by atoms with Gasteiger partial charge in [-0.2, -0.15) is 13.2 Å². The van der Waals surface area contributed by atoms with Crippen LogP contribution in [-0.2, 0) is 12.7 Å². The van der Waals surface area contributed by atoms with Crippen molar-refractivity contribution in [3.05, 3.63) is 65.0 Å². The molecule has 2 aromatic carbocycles. The Labute approximate surface area is 129 Å². The largest absolute Gasteiger partial charge is 0.417 e. The summed E-state index contributed by atoms with van der Waals surface area (Å²) < 4.78 is 39.1. The van der Waals surface area contributed by atoms with Gasteiger partial charge in [0.25, 0.3) is 0 Å². The molecule has 1 heterocycles. The Bertz CT molecular complexity index is 766. The molecule has 0 aliphatic rings. The topological polar surface area (TPSA) is 24.1 Å². The summed E-state index contributed by atoms with van der Waals surface area (Å²) in [7, 11) is 0. The van der Waals surface area contributed by atoms with Gasteiger partial charge in [-0.1, -0.05) is 30.3 Å². The Hall–Kier alpha value is -2.05. The smallest absolute Gasteiger partial charge is 0.321 e. The lowest BCUT2D eigenvalue weighted by molar-refractivity contribution is -0.136. The van der Waals surface area contributed by atoms with Gasteiger partial charge in [-0.25, -0.2) is 5.43 Å². The molecule has 6 heteroatoms. The number of para-hydroxylation sites is 1. The first kappa shape index (κ1) is 14.9. The monoisotopic (exact) mass is 322 g/mol. The summed E-state index contributed by atoms with van der Waals surface area (Å²) in [4.78, 5) is 0. The average molecular weight is 322 g/mol. The lowest BCUT2D eigenvalue weighted by atomic mass is 10.1. The molecule has 0 aliphatic heterocycles. The molecular formula is C16H13F3N2S. The lowest BCUT2D eigenvalue weighted by Crippen LogP contribution is -2.20. The number of fused-ring (bicyclic) bond motifs is 1. The highest BCUT2D eigenvalue weighted by Crippen LogP contribution is 2.38. The van der Waals surface area contributed by atoms with Gasteiger partial charge in [0.2, 0.25) is 0 Å². The van der Waals surface area contributed by atoms with E-state index in [1.165, 1.54) is 11.4 Å². The molecule has 1 aromatic heterocycles. The van der Waals surface area contributed by atoms with Gasteiger partial charge in [-0.05, 0) is 23.8 Å². The van der Waals surface area contributed by atoms with Crippen molar-refractivity contribution in [2.24, 2.45) is 0 Å². The van der Waals surface area contributed by atoms with Crippen LogP contribution in [0.25, 0.3) is 10.1 Å². The summed E-state index contributed by atoms with van der Waals surface area (Å²) >= 11 is 1.12. The molecule has 0 saturated heterocycles. The second-order valence-electron chi connectivity index (χ2n) is 4.82. The third-order valence-electron chi connectivity index (χ3n) is 3.24. The van der Waals surface area contributed by atoms with Crippen molar-refractivity contribution >= 4 is 27.1 Å². The molecule has 0 fully saturated rings. The van der Waals surface area contributed by atoms with Crippen LogP contribution < -0.4 is 10.9 Å². The summed E-state index contributed by atoms with van der Waals surface area (Å²) in [6.45, 7) is 0.518. The lowest BCUT2D eigenvalue weighted by Gasteiger charge is -2.09. The van der Waals surface area contributed by atoms with Crippen LogP contribution in [0.5, 0.6) is 0 Å². The third-order valence-corrected chi connectivity index (χ3v) is 4.19. The number of anilines is 1. The first-order valence-electron chi connectivity index (χ1n) is 6.65. The van der Waals surface area contributed by atoms with Gasteiger partial charge >= 0.3 is 6.18 Å². The number of nitrogens with one attached hydrogen (secondary N) is 2. The highest BCUT2D eigenvalue weighted by atomic mass is 32.1. The second kappa shape index (κ2) is 5.98. The Morgan fingerprint density at radius 1 is 1.00 bits per heavy atom. The predicted molar refractivity (Wildman–Crippen MR) is 83.7 cm³/mol. The minimum atomic E-state index is -4.30. The molecule has 114 valence electrons. The zero-order valence-electron chi connectivity index (χ0n) is 11.4. The molecule has 2 N–H and O–H groups in total. The minimum Gasteiger partial charge on any atom is -0.321 e. The van der Waals surface area contributed by atoms with E-state index in [0.717, 1.165) is 22.6 Å². The molecule has 22 heavy (non-hydrogen) atoms. The standard InChI is InChI=1S/C16H13F3N2S/c17-16(18,19)14-10-22-15-8-11(6-7-13(14)15)9-20-21-12-4-2-1-3-5-12/h1-8,10,20-21H,9H2. The quantitative estimate of drug-likeness (QED) is 0.658. The van der Waals surface area contributed by atoms with Gasteiger partial charge in [0.1, 0.15) is 0 Å². The van der Waals surface area contributed by atoms with Crippen LogP contribution in [0.3, 0.4) is 0 Å². The van der Waals surface area contributed by atoms with Crippen molar-refractivity contribution in [2.45, 2.75) is 12.7 Å². The third kappa shape index (κ3) is 3.23. The minimum absolute atomic E-state index is 0.261. The molecule has 0 aliphatic carbocycles. The van der Waals surface area contributed by atoms with E-state index in [-0.39, 0.29) is 5.39 Å². The SMILES string of the molecule is FC(F)(F)c1csc2cc(CNNc3ccccc3)ccc12. The summed E-state index contributed by atoms with van der Waals surface area (Å²) in [6.07, 6.45) is -4.30. The van der Waals surface area contributed by atoms with Gasteiger partial charge in [0, 0.05) is 27.7 Å². The van der Waals surface area contributed by atoms with Gasteiger partial charge in [0.05, 0.1) is 5.56 Å². The van der Waals surface area contributed by atoms with E-state index in [4.69, 9.17) is 0 Å². The zero-order chi connectivity index (χ0) is 15.6. The number of hydrazine groups is 1. The fourth-order valence-electron chi connectivity index (χ4n) is 2.17. The Morgan fingerprint density at radius 3 is 2.50 bits per heavy atom. The fourth-order valence-corrected chi connectivity index (χ4v) is 3.20. The van der Waals surface area contributed by atoms with Crippen LogP contribution in [0.1, 0.15) is 11.1 Å². The van der Waals surface area contributed by atoms with E-state index >= 15 is 0 Å². The molecule has 0 saturated carbocycles. The van der Waals surface area contributed by atoms with Crippen LogP contribution in [0.2, 0.25) is 0 Å². The van der Waals surface area contributed by atoms with Crippen LogP contribution >= 0.6 is 11.3 Å². The summed E-state index contributed by atoms with van der Waals surface area (Å²) in [6, 6.07) is 14.6. The van der Waals surface area contributed by atoms with E-state index in [9.17, 15) is 13.2 Å². The van der Waals surface area contributed by atoms with E-state index in [2.05, 4.69) is 10.9 Å². The number of alkyl halides is 3. The van der Waals surface area contributed by atoms with Crippen LogP contribution in [0.4, 0.5) is 18.9 Å². The van der Waals surface area contributed by atoms with Gasteiger partial charge in [-0.3, -0.25) is 0 Å². The van der Waals surface area contributed by atoms with Gasteiger partial charge in [-0.15, -0.1) is 11.3 Å². The van der Waals surface area contributed by atoms with E-state index in [1.807, 2.05) is 30.3 Å². The highest BCUT2D eigenvalue weighted by Gasteiger charge is 2.33. The van der Waals surface area contributed by atoms with E-state index in [1.54, 1.807) is 12.1 Å². The van der Waals surface area contributed by atoms with Crippen molar-refractivity contribution in [3.63, 3.8) is 0 Å². The van der Waals surface area contributed by atoms with Gasteiger partial charge < -0.3 is 5.43 Å². The summed E-state index contributed by atoms with van der Waals surface area (Å²) in [5, 5.41) is 1.43. The first-order chi connectivity index (χ1) is 10.5. The van der Waals surface area contributed by atoms with E-state index < -0.39 is 11.7 Å². The zero-order valence-corrected chi connectivity index (χ0v) is 12.3. The van der Waals surface area contributed by atoms with Crippen molar-refractivity contribution < 1.29 is 13.2 Å². The molecule has 0 radical (unpaired) electrons. The number of hydrogen-bond acceptors (Lipinski definition) is 3. The highest BCUT2D eigenvalue weighted by molar-refractivity contribution is 7.17. The van der Waals surface area contributed by atoms with Crippen molar-refractivity contribution in [2.75, 3.05) is 5.43 Å². The Kier molecular flexibility index (Phi) is 4.04. The number of benzene rings is 2. The molecule has 3 rings (SSSR count). The number of halogens is 3. The molecule has 0 bridgehead atoms. The molecular weight excluding hydrogens is 309 g/mol.